The number of ketones is 1. The SMILES string of the molecule is CN(C(=O)c1ccccc1)[C@H]1CC[C@H]2[C@@H]3CC(=O)[C@H]4C[C@H](O)[C@H](O)C[C@]4(C)[C@H]3CC[C@]12C. The summed E-state index contributed by atoms with van der Waals surface area (Å²) in [6.45, 7) is 4.54. The average Bonchev–Trinajstić information content (AvgIpc) is 3.12. The molecule has 1 amide bonds. The highest BCUT2D eigenvalue weighted by Gasteiger charge is 2.63. The van der Waals surface area contributed by atoms with Crippen LogP contribution in [-0.2, 0) is 4.79 Å². The zero-order chi connectivity index (χ0) is 22.8. The fraction of sp³-hybridized carbons (Fsp3) is 0.704. The molecule has 5 nitrogen and oxygen atoms in total. The van der Waals surface area contributed by atoms with Gasteiger partial charge in [0.25, 0.3) is 5.91 Å². The third-order valence-corrected chi connectivity index (χ3v) is 10.2. The van der Waals surface area contributed by atoms with E-state index in [0.29, 0.717) is 37.0 Å². The zero-order valence-electron chi connectivity index (χ0n) is 19.5. The van der Waals surface area contributed by atoms with Crippen LogP contribution < -0.4 is 0 Å². The number of aliphatic hydroxyl groups excluding tert-OH is 2. The number of Topliss-reactive ketones (excluding diaryl/α,β-unsaturated/α-hetero) is 1. The molecule has 0 radical (unpaired) electrons. The van der Waals surface area contributed by atoms with E-state index >= 15 is 0 Å². The largest absolute Gasteiger partial charge is 0.390 e. The van der Waals surface area contributed by atoms with E-state index in [9.17, 15) is 19.8 Å². The minimum absolute atomic E-state index is 0.0105. The quantitative estimate of drug-likeness (QED) is 0.737. The zero-order valence-corrected chi connectivity index (χ0v) is 19.5. The summed E-state index contributed by atoms with van der Waals surface area (Å²) in [5, 5.41) is 20.7. The Hall–Kier alpha value is -1.72. The summed E-state index contributed by atoms with van der Waals surface area (Å²) in [5.74, 6) is 1.36. The van der Waals surface area contributed by atoms with Crippen molar-refractivity contribution in [3.05, 3.63) is 35.9 Å². The van der Waals surface area contributed by atoms with E-state index in [-0.39, 0.29) is 34.5 Å². The predicted octanol–water partition coefficient (Wildman–Crippen LogP) is 3.68. The van der Waals surface area contributed by atoms with Crippen molar-refractivity contribution in [1.82, 2.24) is 4.90 Å². The van der Waals surface area contributed by atoms with Crippen LogP contribution in [0.1, 0.15) is 69.2 Å². The van der Waals surface area contributed by atoms with Crippen molar-refractivity contribution in [2.75, 3.05) is 7.05 Å². The lowest BCUT2D eigenvalue weighted by atomic mass is 9.44. The minimum Gasteiger partial charge on any atom is -0.390 e. The van der Waals surface area contributed by atoms with E-state index < -0.39 is 12.2 Å². The molecule has 32 heavy (non-hydrogen) atoms. The van der Waals surface area contributed by atoms with Crippen LogP contribution in [0.5, 0.6) is 0 Å². The molecule has 4 saturated carbocycles. The van der Waals surface area contributed by atoms with Crippen molar-refractivity contribution in [3.63, 3.8) is 0 Å². The summed E-state index contributed by atoms with van der Waals surface area (Å²) in [7, 11) is 1.95. The maximum Gasteiger partial charge on any atom is 0.253 e. The second-order valence-electron chi connectivity index (χ2n) is 11.6. The van der Waals surface area contributed by atoms with E-state index in [4.69, 9.17) is 0 Å². The average molecular weight is 440 g/mol. The van der Waals surface area contributed by atoms with Crippen molar-refractivity contribution in [2.24, 2.45) is 34.5 Å². The van der Waals surface area contributed by atoms with Crippen molar-refractivity contribution >= 4 is 11.7 Å². The number of hydrogen-bond acceptors (Lipinski definition) is 4. The van der Waals surface area contributed by atoms with Crippen molar-refractivity contribution in [2.45, 2.75) is 77.0 Å². The fourth-order valence-electron chi connectivity index (χ4n) is 8.61. The smallest absolute Gasteiger partial charge is 0.253 e. The second kappa shape index (κ2) is 7.66. The van der Waals surface area contributed by atoms with Crippen LogP contribution in [0.25, 0.3) is 0 Å². The van der Waals surface area contributed by atoms with Gasteiger partial charge in [-0.2, -0.15) is 0 Å². The molecule has 174 valence electrons. The molecular formula is C27H37NO4. The molecule has 0 saturated heterocycles. The topological polar surface area (TPSA) is 77.8 Å². The number of nitrogens with zero attached hydrogens (tertiary/aromatic N) is 1. The summed E-state index contributed by atoms with van der Waals surface area (Å²) in [4.78, 5) is 28.5. The van der Waals surface area contributed by atoms with Crippen molar-refractivity contribution < 1.29 is 19.8 Å². The molecule has 4 aliphatic rings. The lowest BCUT2D eigenvalue weighted by Crippen LogP contribution is -2.60. The molecule has 1 aromatic rings. The number of amides is 1. The minimum atomic E-state index is -0.782. The van der Waals surface area contributed by atoms with Gasteiger partial charge < -0.3 is 15.1 Å². The Labute approximate surface area is 191 Å². The first-order valence-corrected chi connectivity index (χ1v) is 12.4. The summed E-state index contributed by atoms with van der Waals surface area (Å²) < 4.78 is 0. The predicted molar refractivity (Wildman–Crippen MR) is 122 cm³/mol. The summed E-state index contributed by atoms with van der Waals surface area (Å²) in [6, 6.07) is 9.69. The molecule has 2 N–H and O–H groups in total. The summed E-state index contributed by atoms with van der Waals surface area (Å²) in [5.41, 5.74) is 0.508. The Morgan fingerprint density at radius 2 is 1.69 bits per heavy atom. The molecule has 0 bridgehead atoms. The lowest BCUT2D eigenvalue weighted by Gasteiger charge is -2.60. The molecule has 0 heterocycles. The fourth-order valence-corrected chi connectivity index (χ4v) is 8.61. The molecule has 9 atom stereocenters. The molecule has 0 unspecified atom stereocenters. The Balaban J connectivity index is 1.41. The van der Waals surface area contributed by atoms with E-state index in [0.717, 1.165) is 31.2 Å². The molecule has 4 fully saturated rings. The summed E-state index contributed by atoms with van der Waals surface area (Å²) >= 11 is 0. The van der Waals surface area contributed by atoms with Gasteiger partial charge in [0.1, 0.15) is 5.78 Å². The highest BCUT2D eigenvalue weighted by atomic mass is 16.3. The Kier molecular flexibility index (Phi) is 5.29. The van der Waals surface area contributed by atoms with E-state index in [2.05, 4.69) is 13.8 Å². The Bertz CT molecular complexity index is 902. The van der Waals surface area contributed by atoms with E-state index in [1.54, 1.807) is 0 Å². The number of carbonyl (C=O) groups excluding carboxylic acids is 2. The van der Waals surface area contributed by atoms with Crippen LogP contribution in [0.15, 0.2) is 30.3 Å². The molecule has 5 rings (SSSR count). The van der Waals surface area contributed by atoms with Gasteiger partial charge in [-0.25, -0.2) is 0 Å². The molecule has 0 aromatic heterocycles. The van der Waals surface area contributed by atoms with Crippen LogP contribution in [0.2, 0.25) is 0 Å². The van der Waals surface area contributed by atoms with Crippen LogP contribution in [0.4, 0.5) is 0 Å². The molecule has 1 aromatic carbocycles. The van der Waals surface area contributed by atoms with Gasteiger partial charge in [-0.3, -0.25) is 9.59 Å². The van der Waals surface area contributed by atoms with Crippen molar-refractivity contribution in [3.8, 4) is 0 Å². The highest BCUT2D eigenvalue weighted by molar-refractivity contribution is 5.94. The van der Waals surface area contributed by atoms with Gasteiger partial charge >= 0.3 is 0 Å². The number of hydrogen-bond donors (Lipinski definition) is 2. The number of aliphatic hydroxyl groups is 2. The van der Waals surface area contributed by atoms with Crippen LogP contribution in [-0.4, -0.2) is 52.1 Å². The van der Waals surface area contributed by atoms with Gasteiger partial charge in [-0.15, -0.1) is 0 Å². The van der Waals surface area contributed by atoms with Gasteiger partial charge in [0.05, 0.1) is 12.2 Å². The molecule has 0 spiro atoms. The first-order valence-electron chi connectivity index (χ1n) is 12.4. The third kappa shape index (κ3) is 3.11. The molecule has 4 aliphatic carbocycles. The van der Waals surface area contributed by atoms with Crippen LogP contribution >= 0.6 is 0 Å². The molecule has 5 heteroatoms. The number of carbonyl (C=O) groups is 2. The Morgan fingerprint density at radius 3 is 2.41 bits per heavy atom. The maximum atomic E-state index is 13.3. The van der Waals surface area contributed by atoms with Gasteiger partial charge in [-0.1, -0.05) is 32.0 Å². The number of benzene rings is 1. The standard InChI is InChI=1S/C27H37NO4/c1-26-12-11-19-17(13-21(29)20-14-22(30)23(31)15-27(19,20)2)18(26)9-10-24(26)28(3)25(32)16-7-5-4-6-8-16/h4-8,17-20,22-24,30-31H,9-15H2,1-3H3/t17-,18-,19-,20+,22-,23+,24-,26-,27+/m0/s1. The van der Waals surface area contributed by atoms with Gasteiger partial charge in [0.15, 0.2) is 0 Å². The normalized spacial score (nSPS) is 45.5. The third-order valence-electron chi connectivity index (χ3n) is 10.2. The maximum absolute atomic E-state index is 13.3. The van der Waals surface area contributed by atoms with E-state index in [1.807, 2.05) is 42.3 Å². The molecule has 0 aliphatic heterocycles. The monoisotopic (exact) mass is 439 g/mol. The van der Waals surface area contributed by atoms with Crippen LogP contribution in [0, 0.1) is 34.5 Å². The second-order valence-corrected chi connectivity index (χ2v) is 11.6. The van der Waals surface area contributed by atoms with Crippen molar-refractivity contribution in [1.29, 1.82) is 0 Å². The first-order chi connectivity index (χ1) is 15.2. The number of fused-ring (bicyclic) bond motifs is 5. The molecular weight excluding hydrogens is 402 g/mol. The van der Waals surface area contributed by atoms with Gasteiger partial charge in [-0.05, 0) is 79.2 Å². The lowest BCUT2D eigenvalue weighted by molar-refractivity contribution is -0.173. The number of rotatable bonds is 2. The van der Waals surface area contributed by atoms with Gasteiger partial charge in [0, 0.05) is 31.0 Å². The first kappa shape index (κ1) is 22.1. The van der Waals surface area contributed by atoms with Crippen LogP contribution in [0.3, 0.4) is 0 Å². The Morgan fingerprint density at radius 1 is 1.00 bits per heavy atom. The van der Waals surface area contributed by atoms with E-state index in [1.165, 1.54) is 0 Å². The van der Waals surface area contributed by atoms with Gasteiger partial charge in [0.2, 0.25) is 0 Å². The summed E-state index contributed by atoms with van der Waals surface area (Å²) in [6.07, 6.45) is 4.11. The highest BCUT2D eigenvalue weighted by Crippen LogP contribution is 2.66.